The molecule has 0 N–H and O–H groups in total. The lowest BCUT2D eigenvalue weighted by Crippen LogP contribution is -2.09. The summed E-state index contributed by atoms with van der Waals surface area (Å²) in [5, 5.41) is 1.06. The molecule has 1 aliphatic heterocycles. The molecule has 0 amide bonds. The van der Waals surface area contributed by atoms with Crippen molar-refractivity contribution in [2.24, 2.45) is 0 Å². The van der Waals surface area contributed by atoms with Crippen molar-refractivity contribution in [3.8, 4) is 11.5 Å². The highest BCUT2D eigenvalue weighted by Gasteiger charge is 2.31. The molecule has 0 aliphatic carbocycles. The number of Topliss-reactive ketones (excluding diaryl/α,β-unsaturated/α-hetero) is 1. The van der Waals surface area contributed by atoms with Crippen molar-refractivity contribution >= 4 is 44.7 Å². The van der Waals surface area contributed by atoms with Gasteiger partial charge < -0.3 is 14.0 Å². The van der Waals surface area contributed by atoms with Crippen LogP contribution in [0.15, 0.2) is 77.1 Å². The molecule has 6 heteroatoms. The summed E-state index contributed by atoms with van der Waals surface area (Å²) < 4.78 is 14.6. The number of hydrogen-bond acceptors (Lipinski definition) is 4. The second-order valence-corrected chi connectivity index (χ2v) is 8.70. The van der Waals surface area contributed by atoms with E-state index in [1.807, 2.05) is 24.4 Å². The van der Waals surface area contributed by atoms with Gasteiger partial charge in [0, 0.05) is 39.2 Å². The van der Waals surface area contributed by atoms with Gasteiger partial charge in [-0.3, -0.25) is 4.79 Å². The molecule has 0 fully saturated rings. The summed E-state index contributed by atoms with van der Waals surface area (Å²) in [6, 6.07) is 18.3. The van der Waals surface area contributed by atoms with Crippen LogP contribution >= 0.6 is 15.9 Å². The molecule has 164 valence electrons. The molecule has 0 spiro atoms. The van der Waals surface area contributed by atoms with Gasteiger partial charge in [0.05, 0.1) is 11.1 Å². The molecule has 1 aliphatic rings. The number of halogens is 1. The number of para-hydroxylation sites is 1. The number of rotatable bonds is 4. The number of hydrogen-bond donors (Lipinski definition) is 0. The number of ketones is 1. The summed E-state index contributed by atoms with van der Waals surface area (Å²) in [6.45, 7) is 4.68. The summed E-state index contributed by atoms with van der Waals surface area (Å²) in [5.74, 6) is 0.374. The lowest BCUT2D eigenvalue weighted by molar-refractivity contribution is 0.0733. The van der Waals surface area contributed by atoms with Crippen molar-refractivity contribution in [3.63, 3.8) is 0 Å². The number of nitrogens with zero attached hydrogens (tertiary/aromatic N) is 1. The van der Waals surface area contributed by atoms with Crippen molar-refractivity contribution in [1.29, 1.82) is 0 Å². The Morgan fingerprint density at radius 3 is 2.61 bits per heavy atom. The number of ether oxygens (including phenoxy) is 2. The maximum atomic E-state index is 13.0. The van der Waals surface area contributed by atoms with Crippen LogP contribution in [0, 0.1) is 6.92 Å². The number of aromatic nitrogens is 1. The second-order valence-electron chi connectivity index (χ2n) is 7.79. The van der Waals surface area contributed by atoms with Gasteiger partial charge in [0.25, 0.3) is 0 Å². The fourth-order valence-corrected chi connectivity index (χ4v) is 4.28. The standard InChI is InChI=1S/C27H20BrNO4/c1-3-29-15-18(20-6-4-5-7-22(20)29)14-24-25(30)21-12-13-23(16(2)26(21)32-24)33-27(31)17-8-10-19(28)11-9-17/h4-15H,3H2,1-2H3/b24-14-. The highest BCUT2D eigenvalue weighted by atomic mass is 79.9. The predicted octanol–water partition coefficient (Wildman–Crippen LogP) is 6.57. The van der Waals surface area contributed by atoms with Crippen molar-refractivity contribution in [2.75, 3.05) is 0 Å². The van der Waals surface area contributed by atoms with Crippen LogP contribution in [0.3, 0.4) is 0 Å². The third-order valence-corrected chi connectivity index (χ3v) is 6.29. The fraction of sp³-hybridized carbons (Fsp3) is 0.111. The zero-order valence-electron chi connectivity index (χ0n) is 18.1. The Morgan fingerprint density at radius 1 is 1.09 bits per heavy atom. The largest absolute Gasteiger partial charge is 0.452 e. The Labute approximate surface area is 199 Å². The minimum Gasteiger partial charge on any atom is -0.452 e. The molecule has 2 heterocycles. The highest BCUT2D eigenvalue weighted by molar-refractivity contribution is 9.10. The van der Waals surface area contributed by atoms with Crippen LogP contribution in [0.5, 0.6) is 11.5 Å². The molecule has 4 aromatic rings. The SMILES string of the molecule is CCn1cc(/C=C2\Oc3c(ccc(OC(=O)c4ccc(Br)cc4)c3C)C2=O)c2ccccc21. The monoisotopic (exact) mass is 501 g/mol. The summed E-state index contributed by atoms with van der Waals surface area (Å²) in [5.41, 5.74) is 3.52. The predicted molar refractivity (Wildman–Crippen MR) is 131 cm³/mol. The minimum atomic E-state index is -0.474. The molecule has 0 bridgehead atoms. The van der Waals surface area contributed by atoms with Gasteiger partial charge in [-0.1, -0.05) is 34.1 Å². The normalized spacial score (nSPS) is 13.9. The first-order chi connectivity index (χ1) is 16.0. The Morgan fingerprint density at radius 2 is 1.85 bits per heavy atom. The molecule has 33 heavy (non-hydrogen) atoms. The summed E-state index contributed by atoms with van der Waals surface area (Å²) in [4.78, 5) is 25.6. The Bertz CT molecular complexity index is 1450. The molecule has 3 aromatic carbocycles. The van der Waals surface area contributed by atoms with Gasteiger partial charge in [-0.2, -0.15) is 0 Å². The quantitative estimate of drug-likeness (QED) is 0.180. The summed E-state index contributed by atoms with van der Waals surface area (Å²) in [7, 11) is 0. The lowest BCUT2D eigenvalue weighted by Gasteiger charge is -2.10. The van der Waals surface area contributed by atoms with E-state index < -0.39 is 5.97 Å². The van der Waals surface area contributed by atoms with Crippen LogP contribution in [-0.4, -0.2) is 16.3 Å². The zero-order chi connectivity index (χ0) is 23.1. The first-order valence-electron chi connectivity index (χ1n) is 10.6. The Kier molecular flexibility index (Phi) is 5.38. The van der Waals surface area contributed by atoms with Gasteiger partial charge in [-0.25, -0.2) is 4.79 Å². The molecule has 0 atom stereocenters. The van der Waals surface area contributed by atoms with E-state index in [1.54, 1.807) is 49.4 Å². The molecular weight excluding hydrogens is 482 g/mol. The van der Waals surface area contributed by atoms with Crippen LogP contribution in [0.2, 0.25) is 0 Å². The Balaban J connectivity index is 1.46. The fourth-order valence-electron chi connectivity index (χ4n) is 4.02. The summed E-state index contributed by atoms with van der Waals surface area (Å²) >= 11 is 3.35. The maximum Gasteiger partial charge on any atom is 0.343 e. The van der Waals surface area contributed by atoms with E-state index in [-0.39, 0.29) is 11.5 Å². The van der Waals surface area contributed by atoms with E-state index in [4.69, 9.17) is 9.47 Å². The van der Waals surface area contributed by atoms with E-state index in [1.165, 1.54) is 0 Å². The highest BCUT2D eigenvalue weighted by Crippen LogP contribution is 2.40. The molecule has 1 aromatic heterocycles. The van der Waals surface area contributed by atoms with Crippen LogP contribution < -0.4 is 9.47 Å². The molecule has 5 nitrogen and oxygen atoms in total. The number of esters is 1. The first-order valence-corrected chi connectivity index (χ1v) is 11.4. The van der Waals surface area contributed by atoms with Crippen molar-refractivity contribution in [1.82, 2.24) is 4.57 Å². The number of fused-ring (bicyclic) bond motifs is 2. The van der Waals surface area contributed by atoms with Gasteiger partial charge in [0.2, 0.25) is 5.78 Å². The number of benzene rings is 3. The van der Waals surface area contributed by atoms with Crippen molar-refractivity contribution in [3.05, 3.63) is 99.3 Å². The topological polar surface area (TPSA) is 57.5 Å². The molecule has 0 unspecified atom stereocenters. The third kappa shape index (κ3) is 3.76. The lowest BCUT2D eigenvalue weighted by atomic mass is 10.1. The van der Waals surface area contributed by atoms with Crippen molar-refractivity contribution < 1.29 is 19.1 Å². The van der Waals surface area contributed by atoms with E-state index >= 15 is 0 Å². The van der Waals surface area contributed by atoms with Crippen molar-refractivity contribution in [2.45, 2.75) is 20.4 Å². The number of carbonyl (C=O) groups excluding carboxylic acids is 2. The Hall–Kier alpha value is -3.64. The molecule has 0 saturated heterocycles. The maximum absolute atomic E-state index is 13.0. The van der Waals surface area contributed by atoms with E-state index in [9.17, 15) is 9.59 Å². The number of aryl methyl sites for hydroxylation is 1. The zero-order valence-corrected chi connectivity index (χ0v) is 19.7. The van der Waals surface area contributed by atoms with Crippen LogP contribution in [0.4, 0.5) is 0 Å². The van der Waals surface area contributed by atoms with Gasteiger partial charge in [-0.05, 0) is 62.4 Å². The average molecular weight is 502 g/mol. The van der Waals surface area contributed by atoms with E-state index in [0.717, 1.165) is 27.5 Å². The number of allylic oxidation sites excluding steroid dienone is 1. The smallest absolute Gasteiger partial charge is 0.343 e. The molecular formula is C27H20BrNO4. The van der Waals surface area contributed by atoms with Crippen LogP contribution in [0.25, 0.3) is 17.0 Å². The first kappa shape index (κ1) is 21.2. The van der Waals surface area contributed by atoms with Gasteiger partial charge in [0.1, 0.15) is 11.5 Å². The number of carbonyl (C=O) groups is 2. The molecule has 0 saturated carbocycles. The third-order valence-electron chi connectivity index (χ3n) is 5.77. The molecule has 5 rings (SSSR count). The van der Waals surface area contributed by atoms with E-state index in [2.05, 4.69) is 33.5 Å². The van der Waals surface area contributed by atoms with Gasteiger partial charge in [0.15, 0.2) is 5.76 Å². The molecule has 0 radical (unpaired) electrons. The average Bonchev–Trinajstić information content (AvgIpc) is 3.34. The second kappa shape index (κ2) is 8.37. The van der Waals surface area contributed by atoms with Gasteiger partial charge in [-0.15, -0.1) is 0 Å². The van der Waals surface area contributed by atoms with Crippen LogP contribution in [-0.2, 0) is 6.54 Å². The van der Waals surface area contributed by atoms with Crippen LogP contribution in [0.1, 0.15) is 38.8 Å². The van der Waals surface area contributed by atoms with Gasteiger partial charge >= 0.3 is 5.97 Å². The van der Waals surface area contributed by atoms with E-state index in [0.29, 0.717) is 28.2 Å². The minimum absolute atomic E-state index is 0.188. The summed E-state index contributed by atoms with van der Waals surface area (Å²) in [6.07, 6.45) is 3.80.